The molecule has 5 aliphatic rings. The maximum atomic E-state index is 12.8. The Labute approximate surface area is 126 Å². The van der Waals surface area contributed by atoms with Gasteiger partial charge in [-0.3, -0.25) is 4.79 Å². The Balaban J connectivity index is 1.64. The molecule has 0 spiro atoms. The Morgan fingerprint density at radius 2 is 2.10 bits per heavy atom. The molecule has 0 aromatic rings. The molecule has 0 aromatic heterocycles. The van der Waals surface area contributed by atoms with Gasteiger partial charge in [-0.25, -0.2) is 0 Å². The van der Waals surface area contributed by atoms with Crippen LogP contribution in [0.1, 0.15) is 38.5 Å². The fourth-order valence-electron chi connectivity index (χ4n) is 5.07. The third-order valence-corrected chi connectivity index (χ3v) is 7.38. The number of nitrogens with one attached hydrogen (secondary N) is 1. The number of rotatable bonds is 1. The summed E-state index contributed by atoms with van der Waals surface area (Å²) in [5.41, 5.74) is -1.00. The number of amides is 1. The monoisotopic (exact) mass is 314 g/mol. The van der Waals surface area contributed by atoms with Gasteiger partial charge in [0.2, 0.25) is 0 Å². The van der Waals surface area contributed by atoms with E-state index in [0.717, 1.165) is 25.7 Å². The molecule has 3 atom stereocenters. The third kappa shape index (κ3) is 1.97. The minimum atomic E-state index is -0.605. The molecule has 0 radical (unpaired) electrons. The molecular weight excluding hydrogens is 296 g/mol. The zero-order chi connectivity index (χ0) is 14.0. The van der Waals surface area contributed by atoms with Gasteiger partial charge < -0.3 is 10.4 Å². The molecule has 20 heavy (non-hydrogen) atoms. The minimum absolute atomic E-state index is 0.0105. The molecule has 4 fully saturated rings. The van der Waals surface area contributed by atoms with E-state index in [1.165, 1.54) is 6.42 Å². The van der Waals surface area contributed by atoms with Gasteiger partial charge in [0.25, 0.3) is 5.91 Å². The lowest BCUT2D eigenvalue weighted by atomic mass is 9.48. The van der Waals surface area contributed by atoms with Crippen molar-refractivity contribution in [2.24, 2.45) is 21.6 Å². The Morgan fingerprint density at radius 3 is 2.65 bits per heavy atom. The van der Waals surface area contributed by atoms with Crippen molar-refractivity contribution in [3.05, 3.63) is 10.6 Å². The maximum absolute atomic E-state index is 12.8. The summed E-state index contributed by atoms with van der Waals surface area (Å²) in [4.78, 5) is 12.8. The molecule has 5 rings (SSSR count). The number of hydrogen-bond acceptors (Lipinski definition) is 3. The topological polar surface area (TPSA) is 61.7 Å². The average Bonchev–Trinajstić information content (AvgIpc) is 2.71. The van der Waals surface area contributed by atoms with Crippen molar-refractivity contribution in [1.82, 2.24) is 5.32 Å². The molecule has 2 N–H and O–H groups in total. The van der Waals surface area contributed by atoms with Crippen LogP contribution in [0.25, 0.3) is 0 Å². The summed E-state index contributed by atoms with van der Waals surface area (Å²) in [6.07, 6.45) is 7.13. The molecule has 4 nitrogen and oxygen atoms in total. The first-order valence-electron chi connectivity index (χ1n) is 7.27. The Morgan fingerprint density at radius 1 is 1.40 bits per heavy atom. The van der Waals surface area contributed by atoms with Crippen LogP contribution in [0.4, 0.5) is 0 Å². The van der Waals surface area contributed by atoms with Crippen molar-refractivity contribution >= 4 is 28.2 Å². The summed E-state index contributed by atoms with van der Waals surface area (Å²) in [5, 5.41) is 13.7. The summed E-state index contributed by atoms with van der Waals surface area (Å²) >= 11 is 6.07. The lowest BCUT2D eigenvalue weighted by Gasteiger charge is -2.58. The fraction of sp³-hybridized carbons (Fsp3) is 0.786. The normalized spacial score (nSPS) is 49.3. The van der Waals surface area contributed by atoms with E-state index >= 15 is 0 Å². The number of aliphatic hydroxyl groups is 1. The van der Waals surface area contributed by atoms with Crippen LogP contribution in [0.3, 0.4) is 0 Å². The molecule has 1 amide bonds. The third-order valence-electron chi connectivity index (χ3n) is 5.34. The predicted octanol–water partition coefficient (Wildman–Crippen LogP) is 2.24. The lowest BCUT2D eigenvalue weighted by molar-refractivity contribution is -0.175. The van der Waals surface area contributed by atoms with Gasteiger partial charge in [0.1, 0.15) is 4.36 Å². The van der Waals surface area contributed by atoms with Crippen LogP contribution >= 0.6 is 11.6 Å². The highest BCUT2D eigenvalue weighted by atomic mass is 35.5. The van der Waals surface area contributed by atoms with E-state index < -0.39 is 21.7 Å². The number of carbonyl (C=O) groups excluding carboxylic acids is 1. The zero-order valence-corrected chi connectivity index (χ0v) is 12.8. The van der Waals surface area contributed by atoms with Crippen LogP contribution in [-0.4, -0.2) is 22.5 Å². The highest BCUT2D eigenvalue weighted by Crippen LogP contribution is 2.62. The molecule has 0 aromatic carbocycles. The van der Waals surface area contributed by atoms with Crippen molar-refractivity contribution in [2.75, 3.05) is 5.88 Å². The molecule has 6 heteroatoms. The Hall–Kier alpha value is -0.390. The first-order valence-corrected chi connectivity index (χ1v) is 9.00. The van der Waals surface area contributed by atoms with Crippen LogP contribution < -0.4 is 5.32 Å². The van der Waals surface area contributed by atoms with E-state index in [2.05, 4.69) is 9.68 Å². The maximum Gasteiger partial charge on any atom is 0.258 e. The second-order valence-electron chi connectivity index (χ2n) is 7.02. The number of nitrogens with zero attached hydrogens (tertiary/aromatic N) is 1. The zero-order valence-electron chi connectivity index (χ0n) is 11.3. The average molecular weight is 315 g/mol. The first kappa shape index (κ1) is 13.3. The lowest BCUT2D eigenvalue weighted by Crippen LogP contribution is -2.58. The highest BCUT2D eigenvalue weighted by molar-refractivity contribution is 7.93. The van der Waals surface area contributed by atoms with E-state index in [9.17, 15) is 9.90 Å². The summed E-state index contributed by atoms with van der Waals surface area (Å²) in [5.74, 6) is 1.65. The van der Waals surface area contributed by atoms with E-state index in [4.69, 9.17) is 11.6 Å². The highest BCUT2D eigenvalue weighted by Gasteiger charge is 2.60. The van der Waals surface area contributed by atoms with Gasteiger partial charge in [-0.05, 0) is 61.1 Å². The van der Waals surface area contributed by atoms with E-state index in [0.29, 0.717) is 28.5 Å². The van der Waals surface area contributed by atoms with Crippen LogP contribution in [0.15, 0.2) is 14.9 Å². The van der Waals surface area contributed by atoms with Gasteiger partial charge in [-0.2, -0.15) is 4.36 Å². The van der Waals surface area contributed by atoms with Crippen LogP contribution in [0.2, 0.25) is 0 Å². The van der Waals surface area contributed by atoms with Gasteiger partial charge in [-0.15, -0.1) is 0 Å². The second kappa shape index (κ2) is 4.31. The van der Waals surface area contributed by atoms with E-state index in [1.54, 1.807) is 6.20 Å². The van der Waals surface area contributed by atoms with Gasteiger partial charge >= 0.3 is 0 Å². The van der Waals surface area contributed by atoms with E-state index in [1.807, 2.05) is 0 Å². The van der Waals surface area contributed by atoms with Crippen molar-refractivity contribution in [2.45, 2.75) is 44.1 Å². The summed E-state index contributed by atoms with van der Waals surface area (Å²) in [7, 11) is -0.519. The standard InChI is InChI=1S/C14H19ClN2O2S/c15-11-6-16-8-20(11)17-12(18)13-2-9-1-10(3-13)5-14(19,4-9)7-13/h6,9-10,16,19H,1-5,7-8H2. The largest absolute Gasteiger partial charge is 0.390 e. The van der Waals surface area contributed by atoms with Gasteiger partial charge in [0.05, 0.1) is 16.9 Å². The van der Waals surface area contributed by atoms with E-state index in [-0.39, 0.29) is 5.91 Å². The molecular formula is C14H19ClN2O2S. The molecule has 3 unspecified atom stereocenters. The summed E-state index contributed by atoms with van der Waals surface area (Å²) in [6, 6.07) is 0. The van der Waals surface area contributed by atoms with Gasteiger partial charge in [0, 0.05) is 6.20 Å². The van der Waals surface area contributed by atoms with Crippen LogP contribution in [0.5, 0.6) is 0 Å². The molecule has 110 valence electrons. The van der Waals surface area contributed by atoms with Crippen LogP contribution in [-0.2, 0) is 15.5 Å². The molecule has 1 aliphatic heterocycles. The van der Waals surface area contributed by atoms with Crippen molar-refractivity contribution in [3.63, 3.8) is 0 Å². The molecule has 4 saturated carbocycles. The molecule has 4 bridgehead atoms. The number of carbonyl (C=O) groups is 1. The quantitative estimate of drug-likeness (QED) is 0.780. The van der Waals surface area contributed by atoms with Gasteiger partial charge in [-0.1, -0.05) is 11.6 Å². The predicted molar refractivity (Wildman–Crippen MR) is 78.8 cm³/mol. The minimum Gasteiger partial charge on any atom is -0.390 e. The molecule has 0 saturated heterocycles. The Bertz CT molecular complexity index is 531. The SMILES string of the molecule is O=C(N=S1CNC=C1Cl)C12CC3CC(CC(O)(C3)C1)C2. The molecule has 4 aliphatic carbocycles. The molecule has 1 heterocycles. The van der Waals surface area contributed by atoms with Crippen LogP contribution in [0, 0.1) is 17.3 Å². The number of halogens is 1. The summed E-state index contributed by atoms with van der Waals surface area (Å²) in [6.45, 7) is 0. The number of hydrogen-bond donors (Lipinski definition) is 2. The fourth-order valence-corrected chi connectivity index (χ4v) is 6.56. The smallest absolute Gasteiger partial charge is 0.258 e. The van der Waals surface area contributed by atoms with Crippen molar-refractivity contribution < 1.29 is 9.90 Å². The van der Waals surface area contributed by atoms with Crippen molar-refractivity contribution in [1.29, 1.82) is 0 Å². The Kier molecular flexibility index (Phi) is 2.86. The summed E-state index contributed by atoms with van der Waals surface area (Å²) < 4.78 is 5.03. The first-order chi connectivity index (χ1) is 9.48. The second-order valence-corrected chi connectivity index (χ2v) is 9.30. The van der Waals surface area contributed by atoms with Gasteiger partial charge in [0.15, 0.2) is 0 Å². The van der Waals surface area contributed by atoms with Crippen molar-refractivity contribution in [3.8, 4) is 0 Å².